The van der Waals surface area contributed by atoms with Crippen LogP contribution in [0.5, 0.6) is 11.5 Å². The molecule has 2 atom stereocenters. The molecule has 7 rings (SSSR count). The Kier molecular flexibility index (Phi) is 8.53. The Morgan fingerprint density at radius 1 is 0.745 bits per heavy atom. The van der Waals surface area contributed by atoms with Gasteiger partial charge in [0.15, 0.2) is 5.60 Å². The summed E-state index contributed by atoms with van der Waals surface area (Å²) in [6.45, 7) is 7.39. The van der Waals surface area contributed by atoms with Gasteiger partial charge in [-0.15, -0.1) is 0 Å². The molecule has 9 nitrogen and oxygen atoms in total. The zero-order valence-electron chi connectivity index (χ0n) is 26.4. The van der Waals surface area contributed by atoms with Gasteiger partial charge in [-0.25, -0.2) is 8.42 Å². The van der Waals surface area contributed by atoms with Crippen LogP contribution in [0, 0.1) is 27.7 Å². The Morgan fingerprint density at radius 2 is 1.34 bits per heavy atom. The van der Waals surface area contributed by atoms with Crippen molar-refractivity contribution in [1.82, 2.24) is 0 Å². The third-order valence-electron chi connectivity index (χ3n) is 8.67. The van der Waals surface area contributed by atoms with E-state index in [1.807, 2.05) is 50.2 Å². The van der Waals surface area contributed by atoms with Crippen LogP contribution in [0.3, 0.4) is 0 Å². The van der Waals surface area contributed by atoms with Crippen molar-refractivity contribution < 1.29 is 60.6 Å². The Morgan fingerprint density at radius 3 is 1.96 bits per heavy atom. The van der Waals surface area contributed by atoms with Crippen molar-refractivity contribution in [3.8, 4) is 11.5 Å². The van der Waals surface area contributed by atoms with Crippen molar-refractivity contribution in [2.75, 3.05) is 10.6 Å². The number of hydrogen-bond donors (Lipinski definition) is 3. The fraction of sp³-hybridized carbons (Fsp3) is 0.143. The van der Waals surface area contributed by atoms with Crippen molar-refractivity contribution in [3.05, 3.63) is 130 Å². The predicted octanol–water partition coefficient (Wildman–Crippen LogP) is 5.43. The number of fused-ring (bicyclic) bond motifs is 6. The van der Waals surface area contributed by atoms with E-state index in [1.54, 1.807) is 56.3 Å². The molecule has 0 fully saturated rings. The van der Waals surface area contributed by atoms with Gasteiger partial charge in [0.1, 0.15) is 21.6 Å². The third kappa shape index (κ3) is 5.65. The third-order valence-corrected chi connectivity index (χ3v) is 11.0. The zero-order chi connectivity index (χ0) is 32.6. The molecule has 2 unspecified atom stereocenters. The fourth-order valence-corrected chi connectivity index (χ4v) is 8.50. The molecule has 5 aromatic carbocycles. The van der Waals surface area contributed by atoms with Gasteiger partial charge in [-0.3, -0.25) is 0 Å². The number of ether oxygens (including phenoxy) is 1. The number of anilines is 4. The van der Waals surface area contributed by atoms with Crippen LogP contribution >= 0.6 is 10.9 Å². The zero-order valence-corrected chi connectivity index (χ0v) is 30.0. The molecule has 0 radical (unpaired) electrons. The molecule has 2 heterocycles. The van der Waals surface area contributed by atoms with Crippen molar-refractivity contribution in [1.29, 1.82) is 0 Å². The molecule has 0 saturated carbocycles. The molecule has 12 heteroatoms. The molecule has 0 saturated heterocycles. The summed E-state index contributed by atoms with van der Waals surface area (Å²) in [7, 11) is -8.49. The average molecular weight is 678 g/mol. The van der Waals surface area contributed by atoms with E-state index >= 15 is 0 Å². The van der Waals surface area contributed by atoms with Crippen LogP contribution in [0.1, 0.15) is 38.9 Å². The molecule has 47 heavy (non-hydrogen) atoms. The van der Waals surface area contributed by atoms with E-state index in [2.05, 4.69) is 16.7 Å². The minimum absolute atomic E-state index is 0. The normalized spacial score (nSPS) is 20.6. The van der Waals surface area contributed by atoms with E-state index in [0.717, 1.165) is 22.5 Å². The molecule has 2 aliphatic heterocycles. The van der Waals surface area contributed by atoms with Crippen molar-refractivity contribution in [2.45, 2.75) is 43.1 Å². The fourth-order valence-electron chi connectivity index (χ4n) is 6.30. The molecule has 236 valence electrons. The summed E-state index contributed by atoms with van der Waals surface area (Å²) < 4.78 is 72.5. The van der Waals surface area contributed by atoms with Gasteiger partial charge in [0.25, 0.3) is 0 Å². The maximum absolute atomic E-state index is 13.6. The largest absolute Gasteiger partial charge is 1.00 e. The molecule has 1 spiro atoms. The summed E-state index contributed by atoms with van der Waals surface area (Å²) in [4.78, 5) is -0.0641. The Bertz CT molecular complexity index is 2190. The molecule has 3 N–H and O–H groups in total. The summed E-state index contributed by atoms with van der Waals surface area (Å²) in [5.74, 6) is 0.851. The summed E-state index contributed by atoms with van der Waals surface area (Å²) in [6.07, 6.45) is 0. The Hall–Kier alpha value is -3.36. The van der Waals surface area contributed by atoms with E-state index < -0.39 is 26.6 Å². The molecule has 0 bridgehead atoms. The van der Waals surface area contributed by atoms with Crippen LogP contribution in [0.25, 0.3) is 0 Å². The van der Waals surface area contributed by atoms with Crippen LogP contribution in [0.2, 0.25) is 0 Å². The van der Waals surface area contributed by atoms with E-state index in [4.69, 9.17) is 8.92 Å². The summed E-state index contributed by atoms with van der Waals surface area (Å²) in [6, 6.07) is 26.8. The minimum atomic E-state index is -4.62. The average Bonchev–Trinajstić information content (AvgIpc) is 3.23. The minimum Gasteiger partial charge on any atom is -0.769 e. The second kappa shape index (κ2) is 12.0. The van der Waals surface area contributed by atoms with Crippen LogP contribution in [0.4, 0.5) is 22.7 Å². The monoisotopic (exact) mass is 677 g/mol. The number of rotatable bonds is 5. The van der Waals surface area contributed by atoms with E-state index in [0.29, 0.717) is 50.7 Å². The number of hydrogen-bond acceptors (Lipinski definition) is 9. The Labute approximate surface area is 297 Å². The van der Waals surface area contributed by atoms with Crippen LogP contribution < -0.4 is 44.9 Å². The second-order valence-electron chi connectivity index (χ2n) is 11.6. The first-order chi connectivity index (χ1) is 21.8. The molecular formula is C35H30N2NaO7S2-. The standard InChI is InChI=1S/C35H32N2O7S2.Na/c1-20-9-14-29(21(2)17-20)36-24-10-12-26-31(18-24)43-32-19-25(37-30-15-16-33(45(38,39)40)23(4)22(30)3)11-13-27(32)35(26)28-7-5-6-8-34(28)46(41,42)44-35;/h5-19,36-37,41-42H,1-4H3,(H,38,39,40);/q;+1/p-2. The predicted molar refractivity (Wildman–Crippen MR) is 176 cm³/mol. The summed E-state index contributed by atoms with van der Waals surface area (Å²) >= 11 is 0. The molecular weight excluding hydrogens is 648 g/mol. The van der Waals surface area contributed by atoms with Gasteiger partial charge in [-0.2, -0.15) is 0 Å². The first kappa shape index (κ1) is 33.5. The Balaban J connectivity index is 0.00000386. The number of nitrogens with one attached hydrogen (secondary N) is 2. The maximum atomic E-state index is 13.6. The van der Waals surface area contributed by atoms with Gasteiger partial charge in [0.2, 0.25) is 0 Å². The van der Waals surface area contributed by atoms with E-state index in [1.165, 1.54) is 6.07 Å². The van der Waals surface area contributed by atoms with Gasteiger partial charge < -0.3 is 33.2 Å². The topological polar surface area (TPSA) is 143 Å². The molecule has 2 aliphatic rings. The van der Waals surface area contributed by atoms with Gasteiger partial charge in [-0.1, -0.05) is 46.8 Å². The van der Waals surface area contributed by atoms with Crippen molar-refractivity contribution in [2.24, 2.45) is 0 Å². The van der Waals surface area contributed by atoms with Gasteiger partial charge in [0.05, 0.1) is 4.90 Å². The van der Waals surface area contributed by atoms with Crippen molar-refractivity contribution in [3.63, 3.8) is 0 Å². The van der Waals surface area contributed by atoms with Crippen molar-refractivity contribution >= 4 is 43.7 Å². The first-order valence-electron chi connectivity index (χ1n) is 14.5. The van der Waals surface area contributed by atoms with E-state index in [9.17, 15) is 22.1 Å². The number of aryl methyl sites for hydroxylation is 2. The second-order valence-corrected chi connectivity index (χ2v) is 14.5. The van der Waals surface area contributed by atoms with E-state index in [-0.39, 0.29) is 39.3 Å². The van der Waals surface area contributed by atoms with Crippen LogP contribution in [0.15, 0.2) is 101 Å². The maximum Gasteiger partial charge on any atom is 1.00 e. The summed E-state index contributed by atoms with van der Waals surface area (Å²) in [5.41, 5.74) is 6.36. The van der Waals surface area contributed by atoms with Gasteiger partial charge in [0, 0.05) is 56.5 Å². The molecule has 0 aliphatic carbocycles. The molecule has 5 aromatic rings. The van der Waals surface area contributed by atoms with Gasteiger partial charge in [-0.05, 0) is 92.9 Å². The SMILES string of the molecule is Cc1ccc(Nc2ccc3c(c2)Oc2cc(Nc4ccc(S(=O)(=O)[O-])c(C)c4C)ccc2C32OS([O-])(O)c3ccccc32)c(C)c1.[Na+]. The summed E-state index contributed by atoms with van der Waals surface area (Å²) in [5, 5.41) is 6.75. The van der Waals surface area contributed by atoms with Gasteiger partial charge >= 0.3 is 29.6 Å². The number of benzene rings is 5. The van der Waals surface area contributed by atoms with Crippen LogP contribution in [-0.2, 0) is 19.9 Å². The smallest absolute Gasteiger partial charge is 0.769 e. The van der Waals surface area contributed by atoms with Crippen LogP contribution in [-0.4, -0.2) is 22.1 Å². The first-order valence-corrected chi connectivity index (χ1v) is 17.3. The quantitative estimate of drug-likeness (QED) is 0.164. The molecule has 0 aromatic heterocycles. The molecule has 0 amide bonds.